The molecule has 0 aromatic heterocycles. The van der Waals surface area contributed by atoms with Crippen molar-refractivity contribution in [1.29, 1.82) is 5.41 Å². The van der Waals surface area contributed by atoms with E-state index >= 15 is 0 Å². The minimum absolute atomic E-state index is 0.358. The van der Waals surface area contributed by atoms with Crippen molar-refractivity contribution in [2.75, 3.05) is 0 Å². The summed E-state index contributed by atoms with van der Waals surface area (Å²) in [5.74, 6) is -0.728. The first-order valence-corrected chi connectivity index (χ1v) is 9.15. The summed E-state index contributed by atoms with van der Waals surface area (Å²) in [5, 5.41) is 13.1. The van der Waals surface area contributed by atoms with E-state index in [1.165, 1.54) is 10.6 Å². The molecule has 0 fully saturated rings. The fraction of sp³-hybridized carbons (Fsp3) is 0. The number of carbonyl (C=O) groups is 1. The Labute approximate surface area is 148 Å². The van der Waals surface area contributed by atoms with E-state index in [9.17, 15) is 4.79 Å². The zero-order valence-corrected chi connectivity index (χ0v) is 14.4. The van der Waals surface area contributed by atoms with Crippen molar-refractivity contribution in [2.45, 2.75) is 0 Å². The third-order valence-electron chi connectivity index (χ3n) is 3.64. The van der Waals surface area contributed by atoms with Crippen molar-refractivity contribution in [3.05, 3.63) is 90.5 Å². The second-order valence-corrected chi connectivity index (χ2v) is 7.64. The van der Waals surface area contributed by atoms with Crippen molar-refractivity contribution in [2.24, 2.45) is 5.73 Å². The number of rotatable bonds is 4. The average Bonchev–Trinajstić information content (AvgIpc) is 2.63. The van der Waals surface area contributed by atoms with Gasteiger partial charge in [0.2, 0.25) is 0 Å². The molecule has 0 atom stereocenters. The Morgan fingerprint density at radius 1 is 0.800 bits per heavy atom. The normalized spacial score (nSPS) is 10.4. The predicted octanol–water partition coefficient (Wildman–Crippen LogP) is 2.07. The first kappa shape index (κ1) is 16.9. The number of guanidine groups is 1. The number of benzene rings is 3. The van der Waals surface area contributed by atoms with E-state index in [-0.39, 0.29) is 11.9 Å². The highest BCUT2D eigenvalue weighted by molar-refractivity contribution is 7.79. The van der Waals surface area contributed by atoms with Crippen LogP contribution in [0.4, 0.5) is 0 Å². The Bertz CT molecular complexity index is 842. The average molecular weight is 347 g/mol. The lowest BCUT2D eigenvalue weighted by atomic mass is 10.2. The molecule has 0 aliphatic rings. The van der Waals surface area contributed by atoms with E-state index < -0.39 is 7.92 Å². The minimum Gasteiger partial charge on any atom is -0.370 e. The minimum atomic E-state index is -0.772. The van der Waals surface area contributed by atoms with Crippen LogP contribution < -0.4 is 27.0 Å². The second-order valence-electron chi connectivity index (χ2n) is 5.42. The highest BCUT2D eigenvalue weighted by Gasteiger charge is 2.17. The fourth-order valence-electron chi connectivity index (χ4n) is 2.58. The Morgan fingerprint density at radius 3 is 1.84 bits per heavy atom. The molecule has 0 heterocycles. The first-order chi connectivity index (χ1) is 12.1. The van der Waals surface area contributed by atoms with Gasteiger partial charge in [0.05, 0.1) is 0 Å². The third-order valence-corrected chi connectivity index (χ3v) is 6.07. The standard InChI is InChI=1S/C20H18N3OP/c21-20(22)23-19(24)15-8-7-13-18(14-15)25(16-9-3-1-4-10-16)17-11-5-2-6-12-17/h1-14H,(H4,21,22,23,24). The SMILES string of the molecule is N=C(N)NC(=O)c1cccc(P(c2ccccc2)c2ccccc2)c1. The molecular formula is C20H18N3OP. The van der Waals surface area contributed by atoms with Gasteiger partial charge in [0.25, 0.3) is 5.91 Å². The number of carbonyl (C=O) groups excluding carboxylic acids is 1. The Morgan fingerprint density at radius 2 is 1.32 bits per heavy atom. The van der Waals surface area contributed by atoms with Crippen LogP contribution in [0, 0.1) is 5.41 Å². The first-order valence-electron chi connectivity index (χ1n) is 7.81. The van der Waals surface area contributed by atoms with Crippen LogP contribution in [0.15, 0.2) is 84.9 Å². The molecule has 0 aliphatic carbocycles. The molecule has 0 spiro atoms. The van der Waals surface area contributed by atoms with E-state index in [0.29, 0.717) is 5.56 Å². The summed E-state index contributed by atoms with van der Waals surface area (Å²) in [5.41, 5.74) is 5.76. The Hall–Kier alpha value is -2.97. The summed E-state index contributed by atoms with van der Waals surface area (Å²) in [6.45, 7) is 0. The molecule has 25 heavy (non-hydrogen) atoms. The molecule has 0 saturated carbocycles. The van der Waals surface area contributed by atoms with Crippen LogP contribution in [0.25, 0.3) is 0 Å². The van der Waals surface area contributed by atoms with E-state index in [1.807, 2.05) is 54.6 Å². The molecule has 0 saturated heterocycles. The maximum absolute atomic E-state index is 12.2. The van der Waals surface area contributed by atoms with Crippen molar-refractivity contribution in [3.63, 3.8) is 0 Å². The molecular weight excluding hydrogens is 329 g/mol. The summed E-state index contributed by atoms with van der Waals surface area (Å²) in [4.78, 5) is 12.2. The van der Waals surface area contributed by atoms with Gasteiger partial charge in [0, 0.05) is 5.56 Å². The van der Waals surface area contributed by atoms with Crippen LogP contribution in [-0.2, 0) is 0 Å². The number of nitrogens with one attached hydrogen (secondary N) is 2. The van der Waals surface area contributed by atoms with Gasteiger partial charge in [-0.05, 0) is 36.0 Å². The van der Waals surface area contributed by atoms with Gasteiger partial charge >= 0.3 is 0 Å². The predicted molar refractivity (Wildman–Crippen MR) is 105 cm³/mol. The van der Waals surface area contributed by atoms with Crippen LogP contribution in [-0.4, -0.2) is 11.9 Å². The smallest absolute Gasteiger partial charge is 0.257 e. The maximum Gasteiger partial charge on any atom is 0.257 e. The van der Waals surface area contributed by atoms with Gasteiger partial charge in [0.1, 0.15) is 0 Å². The molecule has 4 N–H and O–H groups in total. The van der Waals surface area contributed by atoms with Crippen molar-refractivity contribution >= 4 is 35.7 Å². The van der Waals surface area contributed by atoms with Crippen LogP contribution >= 0.6 is 7.92 Å². The van der Waals surface area contributed by atoms with Crippen molar-refractivity contribution < 1.29 is 4.79 Å². The van der Waals surface area contributed by atoms with Gasteiger partial charge in [-0.3, -0.25) is 15.5 Å². The van der Waals surface area contributed by atoms with Gasteiger partial charge in [-0.15, -0.1) is 0 Å². The number of amides is 1. The molecule has 0 unspecified atom stereocenters. The number of nitrogens with two attached hydrogens (primary N) is 1. The lowest BCUT2D eigenvalue weighted by Gasteiger charge is -2.19. The molecule has 0 aliphatic heterocycles. The maximum atomic E-state index is 12.2. The Kier molecular flexibility index (Phi) is 5.22. The zero-order valence-electron chi connectivity index (χ0n) is 13.5. The van der Waals surface area contributed by atoms with Gasteiger partial charge in [-0.2, -0.15) is 0 Å². The van der Waals surface area contributed by atoms with E-state index in [1.54, 1.807) is 6.07 Å². The van der Waals surface area contributed by atoms with Crippen LogP contribution in [0.1, 0.15) is 10.4 Å². The highest BCUT2D eigenvalue weighted by atomic mass is 31.1. The summed E-state index contributed by atoms with van der Waals surface area (Å²) in [6.07, 6.45) is 0. The zero-order chi connectivity index (χ0) is 17.6. The summed E-state index contributed by atoms with van der Waals surface area (Å²) < 4.78 is 0. The van der Waals surface area contributed by atoms with Crippen molar-refractivity contribution in [3.8, 4) is 0 Å². The molecule has 4 nitrogen and oxygen atoms in total. The molecule has 124 valence electrons. The quantitative estimate of drug-likeness (QED) is 0.384. The van der Waals surface area contributed by atoms with Crippen LogP contribution in [0.2, 0.25) is 0 Å². The van der Waals surface area contributed by atoms with Gasteiger partial charge in [-0.1, -0.05) is 72.8 Å². The fourth-order valence-corrected chi connectivity index (χ4v) is 4.92. The monoisotopic (exact) mass is 347 g/mol. The second kappa shape index (κ2) is 7.73. The van der Waals surface area contributed by atoms with Gasteiger partial charge < -0.3 is 5.73 Å². The van der Waals surface area contributed by atoms with Crippen LogP contribution in [0.3, 0.4) is 0 Å². The highest BCUT2D eigenvalue weighted by Crippen LogP contribution is 2.32. The van der Waals surface area contributed by atoms with E-state index in [4.69, 9.17) is 11.1 Å². The molecule has 0 bridgehead atoms. The summed E-state index contributed by atoms with van der Waals surface area (Å²) >= 11 is 0. The van der Waals surface area contributed by atoms with Crippen molar-refractivity contribution in [1.82, 2.24) is 5.32 Å². The summed E-state index contributed by atoms with van der Waals surface area (Å²) in [7, 11) is -0.772. The lowest BCUT2D eigenvalue weighted by Crippen LogP contribution is -2.36. The lowest BCUT2D eigenvalue weighted by molar-refractivity contribution is 0.0976. The number of hydrogen-bond acceptors (Lipinski definition) is 2. The summed E-state index contributed by atoms with van der Waals surface area (Å²) in [6, 6.07) is 28.1. The molecule has 3 rings (SSSR count). The van der Waals surface area contributed by atoms with E-state index in [0.717, 1.165) is 5.30 Å². The molecule has 1 amide bonds. The molecule has 3 aromatic carbocycles. The topological polar surface area (TPSA) is 79.0 Å². The largest absolute Gasteiger partial charge is 0.370 e. The van der Waals surface area contributed by atoms with E-state index in [2.05, 4.69) is 29.6 Å². The van der Waals surface area contributed by atoms with Gasteiger partial charge in [0.15, 0.2) is 5.96 Å². The van der Waals surface area contributed by atoms with Gasteiger partial charge in [-0.25, -0.2) is 0 Å². The molecule has 3 aromatic rings. The van der Waals surface area contributed by atoms with Crippen LogP contribution in [0.5, 0.6) is 0 Å². The molecule has 0 radical (unpaired) electrons. The number of hydrogen-bond donors (Lipinski definition) is 3. The third kappa shape index (κ3) is 4.11. The molecule has 5 heteroatoms. The Balaban J connectivity index is 2.05.